The highest BCUT2D eigenvalue weighted by Gasteiger charge is 2.51. The molecule has 0 N–H and O–H groups in total. The van der Waals surface area contributed by atoms with Crippen LogP contribution < -0.4 is 10.2 Å². The molecule has 2 rings (SSSR count). The van der Waals surface area contributed by atoms with Gasteiger partial charge in [-0.05, 0) is 45.3 Å². The number of ether oxygens (including phenoxy) is 2. The molecule has 0 unspecified atom stereocenters. The molecule has 0 bridgehead atoms. The highest BCUT2D eigenvalue weighted by Crippen LogP contribution is 2.36. The van der Waals surface area contributed by atoms with Crippen molar-refractivity contribution in [1.82, 2.24) is 0 Å². The Kier molecular flexibility index (Phi) is 4.42. The number of hydrogen-bond acceptors (Lipinski definition) is 4. The molecule has 0 amide bonds. The summed E-state index contributed by atoms with van der Waals surface area (Å²) < 4.78 is 22.5. The lowest BCUT2D eigenvalue weighted by molar-refractivity contribution is 0.00578. The molecule has 0 saturated carbocycles. The second-order valence-electron chi connectivity index (χ2n) is 6.00. The molecule has 1 aliphatic rings. The van der Waals surface area contributed by atoms with Crippen molar-refractivity contribution in [2.75, 3.05) is 20.3 Å². The molecular formula is C15H23BO4. The second-order valence-corrected chi connectivity index (χ2v) is 6.00. The predicted molar refractivity (Wildman–Crippen MR) is 79.5 cm³/mol. The summed E-state index contributed by atoms with van der Waals surface area (Å²) in [5, 5.41) is 0. The van der Waals surface area contributed by atoms with Crippen LogP contribution >= 0.6 is 0 Å². The van der Waals surface area contributed by atoms with Crippen molar-refractivity contribution in [2.24, 2.45) is 0 Å². The molecule has 0 aliphatic carbocycles. The first-order valence-corrected chi connectivity index (χ1v) is 6.93. The summed E-state index contributed by atoms with van der Waals surface area (Å²) in [4.78, 5) is 0. The molecule has 4 nitrogen and oxygen atoms in total. The molecule has 5 heteroatoms. The largest absolute Gasteiger partial charge is 0.494 e. The number of rotatable bonds is 5. The summed E-state index contributed by atoms with van der Waals surface area (Å²) in [6, 6.07) is 7.81. The zero-order chi connectivity index (χ0) is 14.8. The Bertz CT molecular complexity index is 426. The van der Waals surface area contributed by atoms with Crippen LogP contribution in [-0.2, 0) is 14.0 Å². The molecule has 0 radical (unpaired) electrons. The summed E-state index contributed by atoms with van der Waals surface area (Å²) in [5.41, 5.74) is 0.374. The smallest absolute Gasteiger partial charge is 0.491 e. The fourth-order valence-corrected chi connectivity index (χ4v) is 1.94. The number of methoxy groups -OCH3 is 1. The standard InChI is InChI=1S/C15H23BO4/c1-14(2)15(3,4)20-16(19-14)12-6-8-13(9-7-12)18-11-10-17-5/h6-9H,10-11H2,1-5H3. The first kappa shape index (κ1) is 15.4. The van der Waals surface area contributed by atoms with Gasteiger partial charge >= 0.3 is 7.12 Å². The van der Waals surface area contributed by atoms with Crippen LogP contribution in [0, 0.1) is 0 Å². The van der Waals surface area contributed by atoms with Crippen LogP contribution in [0.25, 0.3) is 0 Å². The van der Waals surface area contributed by atoms with Gasteiger partial charge in [-0.1, -0.05) is 12.1 Å². The summed E-state index contributed by atoms with van der Waals surface area (Å²) in [6.07, 6.45) is 0. The fraction of sp³-hybridized carbons (Fsp3) is 0.600. The van der Waals surface area contributed by atoms with E-state index in [9.17, 15) is 0 Å². The van der Waals surface area contributed by atoms with Crippen molar-refractivity contribution in [2.45, 2.75) is 38.9 Å². The van der Waals surface area contributed by atoms with Gasteiger partial charge in [0.25, 0.3) is 0 Å². The van der Waals surface area contributed by atoms with Crippen LogP contribution in [0.15, 0.2) is 24.3 Å². The van der Waals surface area contributed by atoms with Crippen molar-refractivity contribution in [3.63, 3.8) is 0 Å². The molecule has 110 valence electrons. The van der Waals surface area contributed by atoms with E-state index in [0.717, 1.165) is 11.2 Å². The van der Waals surface area contributed by atoms with Crippen LogP contribution in [0.1, 0.15) is 27.7 Å². The van der Waals surface area contributed by atoms with E-state index in [1.807, 2.05) is 24.3 Å². The molecule has 0 aromatic heterocycles. The van der Waals surface area contributed by atoms with Crippen molar-refractivity contribution in [3.8, 4) is 5.75 Å². The van der Waals surface area contributed by atoms with Crippen LogP contribution in [0.3, 0.4) is 0 Å². The molecule has 1 fully saturated rings. The molecule has 1 aromatic rings. The average molecular weight is 278 g/mol. The minimum Gasteiger partial charge on any atom is -0.491 e. The lowest BCUT2D eigenvalue weighted by Crippen LogP contribution is -2.41. The molecule has 1 aliphatic heterocycles. The summed E-state index contributed by atoms with van der Waals surface area (Å²) >= 11 is 0. The Morgan fingerprint density at radius 2 is 1.50 bits per heavy atom. The first-order valence-electron chi connectivity index (χ1n) is 6.93. The molecule has 1 aromatic carbocycles. The van der Waals surface area contributed by atoms with E-state index < -0.39 is 0 Å². The molecule has 20 heavy (non-hydrogen) atoms. The zero-order valence-electron chi connectivity index (χ0n) is 12.9. The van der Waals surface area contributed by atoms with Crippen LogP contribution in [0.4, 0.5) is 0 Å². The molecular weight excluding hydrogens is 255 g/mol. The van der Waals surface area contributed by atoms with E-state index in [2.05, 4.69) is 27.7 Å². The van der Waals surface area contributed by atoms with Crippen LogP contribution in [0.2, 0.25) is 0 Å². The van der Waals surface area contributed by atoms with E-state index in [1.54, 1.807) is 7.11 Å². The van der Waals surface area contributed by atoms with Gasteiger partial charge in [-0.3, -0.25) is 0 Å². The quantitative estimate of drug-likeness (QED) is 0.610. The highest BCUT2D eigenvalue weighted by atomic mass is 16.7. The highest BCUT2D eigenvalue weighted by molar-refractivity contribution is 6.62. The van der Waals surface area contributed by atoms with Gasteiger partial charge in [-0.15, -0.1) is 0 Å². The first-order chi connectivity index (χ1) is 9.36. The van der Waals surface area contributed by atoms with Gasteiger partial charge in [0.2, 0.25) is 0 Å². The molecule has 1 saturated heterocycles. The Labute approximate surface area is 121 Å². The maximum Gasteiger partial charge on any atom is 0.494 e. The summed E-state index contributed by atoms with van der Waals surface area (Å²) in [5.74, 6) is 0.822. The summed E-state index contributed by atoms with van der Waals surface area (Å²) in [6.45, 7) is 9.33. The van der Waals surface area contributed by atoms with Gasteiger partial charge in [-0.25, -0.2) is 0 Å². The summed E-state index contributed by atoms with van der Waals surface area (Å²) in [7, 11) is 1.33. The Morgan fingerprint density at radius 3 is 2.00 bits per heavy atom. The molecule has 0 atom stereocenters. The third-order valence-electron chi connectivity index (χ3n) is 3.96. The van der Waals surface area contributed by atoms with Gasteiger partial charge < -0.3 is 18.8 Å². The van der Waals surface area contributed by atoms with Crippen LogP contribution in [0.5, 0.6) is 5.75 Å². The normalized spacial score (nSPS) is 20.1. The second kappa shape index (κ2) is 5.76. The Balaban J connectivity index is 2.01. The van der Waals surface area contributed by atoms with Gasteiger partial charge in [-0.2, -0.15) is 0 Å². The monoisotopic (exact) mass is 278 g/mol. The van der Waals surface area contributed by atoms with Gasteiger partial charge in [0.05, 0.1) is 17.8 Å². The van der Waals surface area contributed by atoms with Gasteiger partial charge in [0, 0.05) is 7.11 Å². The third-order valence-corrected chi connectivity index (χ3v) is 3.96. The predicted octanol–water partition coefficient (Wildman–Crippen LogP) is 2.01. The van der Waals surface area contributed by atoms with Crippen molar-refractivity contribution >= 4 is 12.6 Å². The van der Waals surface area contributed by atoms with E-state index in [1.165, 1.54) is 0 Å². The maximum atomic E-state index is 6.01. The fourth-order valence-electron chi connectivity index (χ4n) is 1.94. The Hall–Kier alpha value is -1.04. The average Bonchev–Trinajstić information content (AvgIpc) is 2.60. The van der Waals surface area contributed by atoms with E-state index in [4.69, 9.17) is 18.8 Å². The van der Waals surface area contributed by atoms with E-state index in [-0.39, 0.29) is 18.3 Å². The minimum atomic E-state index is -0.326. The SMILES string of the molecule is COCCOc1ccc(B2OC(C)(C)C(C)(C)O2)cc1. The van der Waals surface area contributed by atoms with Gasteiger partial charge in [0.15, 0.2) is 0 Å². The van der Waals surface area contributed by atoms with E-state index >= 15 is 0 Å². The van der Waals surface area contributed by atoms with Crippen molar-refractivity contribution in [1.29, 1.82) is 0 Å². The Morgan fingerprint density at radius 1 is 0.950 bits per heavy atom. The third kappa shape index (κ3) is 3.16. The molecule has 1 heterocycles. The minimum absolute atomic E-state index is 0.314. The van der Waals surface area contributed by atoms with Gasteiger partial charge in [0.1, 0.15) is 12.4 Å². The topological polar surface area (TPSA) is 36.9 Å². The number of hydrogen-bond donors (Lipinski definition) is 0. The maximum absolute atomic E-state index is 6.01. The van der Waals surface area contributed by atoms with Crippen molar-refractivity contribution in [3.05, 3.63) is 24.3 Å². The van der Waals surface area contributed by atoms with Crippen molar-refractivity contribution < 1.29 is 18.8 Å². The lowest BCUT2D eigenvalue weighted by Gasteiger charge is -2.32. The van der Waals surface area contributed by atoms with E-state index in [0.29, 0.717) is 13.2 Å². The number of benzene rings is 1. The lowest BCUT2D eigenvalue weighted by atomic mass is 9.79. The van der Waals surface area contributed by atoms with Crippen LogP contribution in [-0.4, -0.2) is 38.6 Å². The molecule has 0 spiro atoms. The zero-order valence-corrected chi connectivity index (χ0v) is 12.9.